The number of carbonyl (C=O) groups is 1. The van der Waals surface area contributed by atoms with Crippen molar-refractivity contribution in [3.8, 4) is 0 Å². The SMILES string of the molecule is NC(=O)[C@@H]1Cc2ccccc2CN1c1ccc(C(F)(F)F)nn1. The normalized spacial score (nSPS) is 17.7. The minimum Gasteiger partial charge on any atom is -0.368 e. The predicted molar refractivity (Wildman–Crippen MR) is 76.3 cm³/mol. The minimum absolute atomic E-state index is 0.191. The van der Waals surface area contributed by atoms with Crippen LogP contribution in [0.5, 0.6) is 0 Å². The molecule has 2 heterocycles. The number of nitrogens with zero attached hydrogens (tertiary/aromatic N) is 3. The first-order valence-electron chi connectivity index (χ1n) is 6.90. The van der Waals surface area contributed by atoms with E-state index < -0.39 is 23.8 Å². The molecular weight excluding hydrogens is 309 g/mol. The molecule has 1 atom stereocenters. The topological polar surface area (TPSA) is 72.1 Å². The highest BCUT2D eigenvalue weighted by molar-refractivity contribution is 5.84. The first-order chi connectivity index (χ1) is 10.9. The van der Waals surface area contributed by atoms with Crippen molar-refractivity contribution < 1.29 is 18.0 Å². The van der Waals surface area contributed by atoms with Crippen LogP contribution in [-0.2, 0) is 23.9 Å². The minimum atomic E-state index is -4.55. The van der Waals surface area contributed by atoms with Gasteiger partial charge in [0, 0.05) is 13.0 Å². The average Bonchev–Trinajstić information content (AvgIpc) is 2.53. The largest absolute Gasteiger partial charge is 0.435 e. The standard InChI is InChI=1S/C15H13F3N4O/c16-15(17,18)12-5-6-13(21-20-12)22-8-10-4-2-1-3-9(10)7-11(22)14(19)23/h1-6,11H,7-8H2,(H2,19,23)/t11-/m0/s1. The summed E-state index contributed by atoms with van der Waals surface area (Å²) >= 11 is 0. The van der Waals surface area contributed by atoms with Gasteiger partial charge in [-0.2, -0.15) is 13.2 Å². The Labute approximate surface area is 129 Å². The van der Waals surface area contributed by atoms with Gasteiger partial charge in [-0.05, 0) is 23.3 Å². The van der Waals surface area contributed by atoms with E-state index in [2.05, 4.69) is 10.2 Å². The fourth-order valence-corrected chi connectivity index (χ4v) is 2.65. The van der Waals surface area contributed by atoms with E-state index in [1.54, 1.807) is 4.90 Å². The number of rotatable bonds is 2. The average molecular weight is 322 g/mol. The molecule has 1 aliphatic rings. The Balaban J connectivity index is 1.95. The number of alkyl halides is 3. The number of benzene rings is 1. The summed E-state index contributed by atoms with van der Waals surface area (Å²) in [5.74, 6) is -0.363. The summed E-state index contributed by atoms with van der Waals surface area (Å²) in [5.41, 5.74) is 6.34. The summed E-state index contributed by atoms with van der Waals surface area (Å²) < 4.78 is 37.7. The van der Waals surface area contributed by atoms with Crippen molar-refractivity contribution in [1.29, 1.82) is 0 Å². The maximum absolute atomic E-state index is 12.6. The van der Waals surface area contributed by atoms with Crippen molar-refractivity contribution in [1.82, 2.24) is 10.2 Å². The van der Waals surface area contributed by atoms with Gasteiger partial charge < -0.3 is 10.6 Å². The molecule has 1 amide bonds. The van der Waals surface area contributed by atoms with Crippen molar-refractivity contribution in [2.75, 3.05) is 4.90 Å². The molecule has 0 unspecified atom stereocenters. The second kappa shape index (κ2) is 5.53. The Morgan fingerprint density at radius 1 is 1.13 bits per heavy atom. The number of hydrogen-bond acceptors (Lipinski definition) is 4. The lowest BCUT2D eigenvalue weighted by atomic mass is 9.93. The molecule has 0 radical (unpaired) electrons. The molecule has 1 aromatic carbocycles. The van der Waals surface area contributed by atoms with Gasteiger partial charge in [0.15, 0.2) is 11.5 Å². The van der Waals surface area contributed by atoms with Crippen molar-refractivity contribution in [3.05, 3.63) is 53.2 Å². The van der Waals surface area contributed by atoms with E-state index in [0.29, 0.717) is 13.0 Å². The van der Waals surface area contributed by atoms with Gasteiger partial charge in [-0.3, -0.25) is 4.79 Å². The Hall–Kier alpha value is -2.64. The van der Waals surface area contributed by atoms with E-state index in [1.807, 2.05) is 24.3 Å². The monoisotopic (exact) mass is 322 g/mol. The highest BCUT2D eigenvalue weighted by Crippen LogP contribution is 2.30. The van der Waals surface area contributed by atoms with Crippen LogP contribution in [0.4, 0.5) is 19.0 Å². The van der Waals surface area contributed by atoms with Crippen LogP contribution in [-0.4, -0.2) is 22.1 Å². The fourth-order valence-electron chi connectivity index (χ4n) is 2.65. The van der Waals surface area contributed by atoms with Crippen molar-refractivity contribution >= 4 is 11.7 Å². The van der Waals surface area contributed by atoms with Crippen LogP contribution in [0.3, 0.4) is 0 Å². The van der Waals surface area contributed by atoms with Gasteiger partial charge in [-0.1, -0.05) is 24.3 Å². The molecule has 23 heavy (non-hydrogen) atoms. The third-order valence-corrected chi connectivity index (χ3v) is 3.81. The van der Waals surface area contributed by atoms with E-state index in [9.17, 15) is 18.0 Å². The van der Waals surface area contributed by atoms with Crippen LogP contribution in [0.15, 0.2) is 36.4 Å². The van der Waals surface area contributed by atoms with Gasteiger partial charge in [0.25, 0.3) is 0 Å². The van der Waals surface area contributed by atoms with E-state index in [1.165, 1.54) is 6.07 Å². The molecule has 8 heteroatoms. The molecule has 2 N–H and O–H groups in total. The zero-order valence-electron chi connectivity index (χ0n) is 11.9. The number of amides is 1. The summed E-state index contributed by atoms with van der Waals surface area (Å²) in [5, 5.41) is 6.83. The maximum atomic E-state index is 12.6. The predicted octanol–water partition coefficient (Wildman–Crippen LogP) is 1.91. The summed E-state index contributed by atoms with van der Waals surface area (Å²) in [7, 11) is 0. The molecule has 0 saturated carbocycles. The number of hydrogen-bond donors (Lipinski definition) is 1. The molecular formula is C15H13F3N4O. The molecule has 0 fully saturated rings. The zero-order chi connectivity index (χ0) is 16.6. The van der Waals surface area contributed by atoms with E-state index in [0.717, 1.165) is 17.2 Å². The Morgan fingerprint density at radius 2 is 1.83 bits per heavy atom. The third-order valence-electron chi connectivity index (χ3n) is 3.81. The van der Waals surface area contributed by atoms with E-state index in [-0.39, 0.29) is 5.82 Å². The van der Waals surface area contributed by atoms with Crippen LogP contribution < -0.4 is 10.6 Å². The number of carbonyl (C=O) groups excluding carboxylic acids is 1. The zero-order valence-corrected chi connectivity index (χ0v) is 11.9. The smallest absolute Gasteiger partial charge is 0.368 e. The fraction of sp³-hybridized carbons (Fsp3) is 0.267. The molecule has 0 spiro atoms. The van der Waals surface area contributed by atoms with Gasteiger partial charge in [-0.15, -0.1) is 10.2 Å². The number of primary amides is 1. The summed E-state index contributed by atoms with van der Waals surface area (Å²) in [4.78, 5) is 13.3. The van der Waals surface area contributed by atoms with Gasteiger partial charge in [0.2, 0.25) is 5.91 Å². The summed E-state index contributed by atoms with van der Waals surface area (Å²) in [6.07, 6.45) is -4.17. The summed E-state index contributed by atoms with van der Waals surface area (Å²) in [6, 6.07) is 8.92. The van der Waals surface area contributed by atoms with Crippen LogP contribution in [0.2, 0.25) is 0 Å². The van der Waals surface area contributed by atoms with Gasteiger partial charge in [0.05, 0.1) is 0 Å². The third kappa shape index (κ3) is 2.96. The van der Waals surface area contributed by atoms with Crippen LogP contribution >= 0.6 is 0 Å². The lowest BCUT2D eigenvalue weighted by molar-refractivity contribution is -0.141. The number of halogens is 3. The molecule has 0 bridgehead atoms. The molecule has 5 nitrogen and oxygen atoms in total. The summed E-state index contributed by atoms with van der Waals surface area (Å²) in [6.45, 7) is 0.337. The first-order valence-corrected chi connectivity index (χ1v) is 6.90. The van der Waals surface area contributed by atoms with Crippen molar-refractivity contribution in [2.45, 2.75) is 25.2 Å². The second-order valence-electron chi connectivity index (χ2n) is 5.29. The molecule has 2 aromatic rings. The Kier molecular flexibility index (Phi) is 3.67. The van der Waals surface area contributed by atoms with E-state index in [4.69, 9.17) is 5.73 Å². The molecule has 1 aliphatic heterocycles. The van der Waals surface area contributed by atoms with Gasteiger partial charge in [0.1, 0.15) is 6.04 Å². The molecule has 0 aliphatic carbocycles. The van der Waals surface area contributed by atoms with Crippen LogP contribution in [0.1, 0.15) is 16.8 Å². The number of anilines is 1. The Morgan fingerprint density at radius 3 is 2.39 bits per heavy atom. The van der Waals surface area contributed by atoms with Crippen molar-refractivity contribution in [3.63, 3.8) is 0 Å². The van der Waals surface area contributed by atoms with Crippen LogP contribution in [0.25, 0.3) is 0 Å². The molecule has 0 saturated heterocycles. The van der Waals surface area contributed by atoms with Gasteiger partial charge in [-0.25, -0.2) is 0 Å². The number of nitrogens with two attached hydrogens (primary N) is 1. The lowest BCUT2D eigenvalue weighted by Crippen LogP contribution is -2.49. The van der Waals surface area contributed by atoms with Crippen molar-refractivity contribution in [2.24, 2.45) is 5.73 Å². The van der Waals surface area contributed by atoms with Gasteiger partial charge >= 0.3 is 6.18 Å². The maximum Gasteiger partial charge on any atom is 0.435 e. The molecule has 120 valence electrons. The first kappa shape index (κ1) is 15.3. The number of fused-ring (bicyclic) bond motifs is 1. The van der Waals surface area contributed by atoms with Crippen LogP contribution in [0, 0.1) is 0 Å². The number of aromatic nitrogens is 2. The second-order valence-corrected chi connectivity index (χ2v) is 5.29. The quantitative estimate of drug-likeness (QED) is 0.917. The Bertz CT molecular complexity index is 730. The molecule has 1 aromatic heterocycles. The highest BCUT2D eigenvalue weighted by atomic mass is 19.4. The highest BCUT2D eigenvalue weighted by Gasteiger charge is 2.35. The molecule has 3 rings (SSSR count). The van der Waals surface area contributed by atoms with E-state index >= 15 is 0 Å². The lowest BCUT2D eigenvalue weighted by Gasteiger charge is -2.35.